The molecule has 0 amide bonds. The van der Waals surface area contributed by atoms with Gasteiger partial charge in [0.2, 0.25) is 0 Å². The van der Waals surface area contributed by atoms with Crippen LogP contribution >= 0.6 is 0 Å². The van der Waals surface area contributed by atoms with Gasteiger partial charge < -0.3 is 4.90 Å². The number of rotatable bonds is 2. The number of Topliss-reactive ketones (excluding diaryl/α,β-unsaturated/α-hetero) is 1. The van der Waals surface area contributed by atoms with Gasteiger partial charge in [0.25, 0.3) is 0 Å². The predicted molar refractivity (Wildman–Crippen MR) is 85.8 cm³/mol. The van der Waals surface area contributed by atoms with Crippen LogP contribution in [0.5, 0.6) is 0 Å². The summed E-state index contributed by atoms with van der Waals surface area (Å²) in [5, 5.41) is 0. The highest BCUT2D eigenvalue weighted by Gasteiger charge is 2.29. The number of aryl methyl sites for hydroxylation is 1. The third kappa shape index (κ3) is 2.05. The van der Waals surface area contributed by atoms with E-state index in [1.54, 1.807) is 6.07 Å². The molecule has 0 fully saturated rings. The Hall–Kier alpha value is -2.42. The predicted octanol–water partition coefficient (Wildman–Crippen LogP) is 3.26. The van der Waals surface area contributed by atoms with E-state index >= 15 is 0 Å². The van der Waals surface area contributed by atoms with Gasteiger partial charge in [-0.05, 0) is 30.5 Å². The number of carbonyl (C=O) groups is 2. The lowest BCUT2D eigenvalue weighted by Crippen LogP contribution is -2.36. The number of carbonyl (C=O) groups excluding carboxylic acids is 2. The van der Waals surface area contributed by atoms with Crippen molar-refractivity contribution in [3.05, 3.63) is 64.7 Å². The molecular weight excluding hydrogens is 274 g/mol. The first-order chi connectivity index (χ1) is 10.7. The Labute approximate surface area is 129 Å². The van der Waals surface area contributed by atoms with Crippen LogP contribution < -0.4 is 4.90 Å². The van der Waals surface area contributed by atoms with E-state index in [0.717, 1.165) is 42.7 Å². The molecule has 0 aliphatic carbocycles. The number of hydrogen-bond acceptors (Lipinski definition) is 3. The summed E-state index contributed by atoms with van der Waals surface area (Å²) in [6.07, 6.45) is 2.58. The fourth-order valence-electron chi connectivity index (χ4n) is 3.53. The first-order valence-electron chi connectivity index (χ1n) is 7.79. The molecular formula is C19H17NO2. The second-order valence-electron chi connectivity index (χ2n) is 5.99. The monoisotopic (exact) mass is 291 g/mol. The fourth-order valence-corrected chi connectivity index (χ4v) is 3.53. The lowest BCUT2D eigenvalue weighted by atomic mass is 9.88. The van der Waals surface area contributed by atoms with Crippen LogP contribution in [0.15, 0.2) is 42.5 Å². The molecule has 0 radical (unpaired) electrons. The molecule has 0 N–H and O–H groups in total. The minimum absolute atomic E-state index is 0.00449. The topological polar surface area (TPSA) is 37.4 Å². The van der Waals surface area contributed by atoms with Crippen LogP contribution in [0.3, 0.4) is 0 Å². The molecule has 0 saturated carbocycles. The van der Waals surface area contributed by atoms with E-state index in [0.29, 0.717) is 17.5 Å². The molecule has 0 aromatic heterocycles. The smallest absolute Gasteiger partial charge is 0.193 e. The van der Waals surface area contributed by atoms with Gasteiger partial charge in [-0.1, -0.05) is 30.3 Å². The van der Waals surface area contributed by atoms with E-state index in [2.05, 4.69) is 4.90 Å². The quantitative estimate of drug-likeness (QED) is 0.797. The summed E-state index contributed by atoms with van der Waals surface area (Å²) in [5.41, 5.74) is 4.27. The van der Waals surface area contributed by atoms with Gasteiger partial charge in [-0.3, -0.25) is 9.59 Å². The van der Waals surface area contributed by atoms with Crippen LogP contribution in [0.2, 0.25) is 0 Å². The van der Waals surface area contributed by atoms with Crippen molar-refractivity contribution in [1.82, 2.24) is 0 Å². The third-order valence-corrected chi connectivity index (χ3v) is 4.59. The molecule has 0 spiro atoms. The summed E-state index contributed by atoms with van der Waals surface area (Å²) in [6.45, 7) is 1.82. The van der Waals surface area contributed by atoms with Crippen molar-refractivity contribution in [3.63, 3.8) is 0 Å². The van der Waals surface area contributed by atoms with Gasteiger partial charge in [0.1, 0.15) is 0 Å². The lowest BCUT2D eigenvalue weighted by molar-refractivity contribution is 0.0979. The van der Waals surface area contributed by atoms with Gasteiger partial charge in [0.05, 0.1) is 5.69 Å². The molecule has 0 bridgehead atoms. The normalized spacial score (nSPS) is 16.4. The van der Waals surface area contributed by atoms with E-state index in [9.17, 15) is 9.59 Å². The Kier molecular flexibility index (Phi) is 3.07. The highest BCUT2D eigenvalue weighted by molar-refractivity contribution is 6.12. The van der Waals surface area contributed by atoms with Gasteiger partial charge >= 0.3 is 0 Å². The number of anilines is 1. The van der Waals surface area contributed by atoms with Crippen molar-refractivity contribution in [2.24, 2.45) is 0 Å². The number of nitrogens with zero attached hydrogens (tertiary/aromatic N) is 1. The first-order valence-corrected chi connectivity index (χ1v) is 7.79. The van der Waals surface area contributed by atoms with Gasteiger partial charge in [-0.25, -0.2) is 0 Å². The first kappa shape index (κ1) is 13.3. The second-order valence-corrected chi connectivity index (χ2v) is 5.99. The minimum Gasteiger partial charge on any atom is -0.370 e. The molecule has 2 heterocycles. The van der Waals surface area contributed by atoms with Crippen LogP contribution in [0.1, 0.15) is 44.7 Å². The molecule has 22 heavy (non-hydrogen) atoms. The van der Waals surface area contributed by atoms with E-state index in [1.807, 2.05) is 36.4 Å². The Balaban J connectivity index is 1.84. The molecule has 2 aromatic carbocycles. The molecule has 110 valence electrons. The van der Waals surface area contributed by atoms with Crippen LogP contribution in [0.4, 0.5) is 5.69 Å². The zero-order valence-corrected chi connectivity index (χ0v) is 12.3. The second kappa shape index (κ2) is 5.09. The molecule has 2 aliphatic heterocycles. The van der Waals surface area contributed by atoms with Crippen molar-refractivity contribution in [2.45, 2.75) is 19.3 Å². The summed E-state index contributed by atoms with van der Waals surface area (Å²) >= 11 is 0. The van der Waals surface area contributed by atoms with Gasteiger partial charge in [-0.2, -0.15) is 0 Å². The van der Waals surface area contributed by atoms with Gasteiger partial charge in [-0.15, -0.1) is 0 Å². The van der Waals surface area contributed by atoms with Crippen LogP contribution in [-0.4, -0.2) is 24.7 Å². The zero-order valence-electron chi connectivity index (χ0n) is 12.3. The minimum atomic E-state index is -0.00449. The molecule has 0 unspecified atom stereocenters. The highest BCUT2D eigenvalue weighted by Crippen LogP contribution is 2.36. The van der Waals surface area contributed by atoms with Crippen LogP contribution in [-0.2, 0) is 6.42 Å². The van der Waals surface area contributed by atoms with Crippen molar-refractivity contribution < 1.29 is 9.59 Å². The maximum atomic E-state index is 12.7. The van der Waals surface area contributed by atoms with Crippen LogP contribution in [0, 0.1) is 0 Å². The molecule has 3 heteroatoms. The summed E-state index contributed by atoms with van der Waals surface area (Å²) in [5.74, 6) is 0.159. The van der Waals surface area contributed by atoms with Gasteiger partial charge in [0, 0.05) is 36.2 Å². The fraction of sp³-hybridized carbons (Fsp3) is 0.263. The standard InChI is InChI=1S/C19H17NO2/c21-17-8-10-20-9-4-7-14-11-15(12-16(17)18(14)20)19(22)13-5-2-1-3-6-13/h1-3,5-6,11-12H,4,7-10H2. The molecule has 0 atom stereocenters. The van der Waals surface area contributed by atoms with E-state index < -0.39 is 0 Å². The Morgan fingerprint density at radius 2 is 1.77 bits per heavy atom. The highest BCUT2D eigenvalue weighted by atomic mass is 16.1. The Morgan fingerprint density at radius 1 is 0.955 bits per heavy atom. The Bertz CT molecular complexity index is 765. The van der Waals surface area contributed by atoms with E-state index in [1.165, 1.54) is 0 Å². The average molecular weight is 291 g/mol. The lowest BCUT2D eigenvalue weighted by Gasteiger charge is -2.36. The summed E-state index contributed by atoms with van der Waals surface area (Å²) in [4.78, 5) is 27.3. The molecule has 2 aliphatic rings. The van der Waals surface area contributed by atoms with Crippen molar-refractivity contribution in [3.8, 4) is 0 Å². The summed E-state index contributed by atoms with van der Waals surface area (Å²) < 4.78 is 0. The van der Waals surface area contributed by atoms with Crippen molar-refractivity contribution >= 4 is 17.3 Å². The number of ketones is 2. The number of hydrogen-bond donors (Lipinski definition) is 0. The number of benzene rings is 2. The SMILES string of the molecule is O=C(c1ccccc1)c1cc2c3c(c1)C(=O)CCN3CCC2. The van der Waals surface area contributed by atoms with Crippen molar-refractivity contribution in [2.75, 3.05) is 18.0 Å². The average Bonchev–Trinajstić information content (AvgIpc) is 2.58. The molecule has 4 rings (SSSR count). The maximum absolute atomic E-state index is 12.7. The molecule has 3 nitrogen and oxygen atoms in total. The largest absolute Gasteiger partial charge is 0.370 e. The van der Waals surface area contributed by atoms with Crippen molar-refractivity contribution in [1.29, 1.82) is 0 Å². The Morgan fingerprint density at radius 3 is 2.59 bits per heavy atom. The molecule has 0 saturated heterocycles. The maximum Gasteiger partial charge on any atom is 0.193 e. The van der Waals surface area contributed by atoms with Crippen LogP contribution in [0.25, 0.3) is 0 Å². The zero-order chi connectivity index (χ0) is 15.1. The third-order valence-electron chi connectivity index (χ3n) is 4.59. The van der Waals surface area contributed by atoms with E-state index in [4.69, 9.17) is 0 Å². The van der Waals surface area contributed by atoms with E-state index in [-0.39, 0.29) is 11.6 Å². The molecule has 2 aromatic rings. The van der Waals surface area contributed by atoms with Gasteiger partial charge in [0.15, 0.2) is 11.6 Å². The summed E-state index contributed by atoms with van der Waals surface area (Å²) in [7, 11) is 0. The summed E-state index contributed by atoms with van der Waals surface area (Å²) in [6, 6.07) is 13.1.